The first-order valence-electron chi connectivity index (χ1n) is 4.52. The van der Waals surface area contributed by atoms with Gasteiger partial charge in [0.25, 0.3) is 5.91 Å². The van der Waals surface area contributed by atoms with Crippen LogP contribution in [0.25, 0.3) is 0 Å². The third-order valence-corrected chi connectivity index (χ3v) is 2.77. The van der Waals surface area contributed by atoms with E-state index in [0.29, 0.717) is 0 Å². The number of fused-ring (bicyclic) bond motifs is 1. The SMILES string of the molecule is CC1(C)C(=O)N=C2CCCCN21. The second kappa shape index (κ2) is 2.31. The van der Waals surface area contributed by atoms with Crippen molar-refractivity contribution >= 4 is 11.7 Å². The van der Waals surface area contributed by atoms with Gasteiger partial charge in [-0.25, -0.2) is 0 Å². The summed E-state index contributed by atoms with van der Waals surface area (Å²) in [5.74, 6) is 1.04. The second-order valence-corrected chi connectivity index (χ2v) is 4.00. The number of aliphatic imine (C=N–C) groups is 1. The first-order valence-corrected chi connectivity index (χ1v) is 4.52. The van der Waals surface area contributed by atoms with Crippen LogP contribution >= 0.6 is 0 Å². The monoisotopic (exact) mass is 166 g/mol. The largest absolute Gasteiger partial charge is 0.346 e. The topological polar surface area (TPSA) is 32.7 Å². The van der Waals surface area contributed by atoms with Crippen LogP contribution in [0.5, 0.6) is 0 Å². The molecule has 1 fully saturated rings. The van der Waals surface area contributed by atoms with E-state index in [1.807, 2.05) is 13.8 Å². The number of amidine groups is 1. The third kappa shape index (κ3) is 0.886. The summed E-state index contributed by atoms with van der Waals surface area (Å²) in [6, 6.07) is 0. The minimum atomic E-state index is -0.365. The highest BCUT2D eigenvalue weighted by molar-refractivity contribution is 6.06. The Morgan fingerprint density at radius 1 is 1.42 bits per heavy atom. The maximum Gasteiger partial charge on any atom is 0.272 e. The zero-order valence-corrected chi connectivity index (χ0v) is 7.63. The molecule has 0 unspecified atom stereocenters. The molecule has 0 aliphatic carbocycles. The van der Waals surface area contributed by atoms with Crippen LogP contribution in [0.3, 0.4) is 0 Å². The highest BCUT2D eigenvalue weighted by Crippen LogP contribution is 2.28. The first-order chi connectivity index (χ1) is 5.62. The number of carbonyl (C=O) groups is 1. The van der Waals surface area contributed by atoms with Gasteiger partial charge in [0, 0.05) is 13.0 Å². The third-order valence-electron chi connectivity index (χ3n) is 2.77. The normalized spacial score (nSPS) is 27.0. The van der Waals surface area contributed by atoms with Crippen LogP contribution in [0.15, 0.2) is 4.99 Å². The van der Waals surface area contributed by atoms with Gasteiger partial charge in [0.1, 0.15) is 11.4 Å². The zero-order valence-electron chi connectivity index (χ0n) is 7.63. The summed E-state index contributed by atoms with van der Waals surface area (Å²) in [6.45, 7) is 4.91. The van der Waals surface area contributed by atoms with Gasteiger partial charge in [-0.3, -0.25) is 4.79 Å². The van der Waals surface area contributed by atoms with Crippen molar-refractivity contribution in [3.05, 3.63) is 0 Å². The Kier molecular flexibility index (Phi) is 1.50. The number of amides is 1. The molecule has 2 heterocycles. The number of carbonyl (C=O) groups excluding carboxylic acids is 1. The molecule has 3 heteroatoms. The van der Waals surface area contributed by atoms with Crippen molar-refractivity contribution in [1.82, 2.24) is 4.90 Å². The van der Waals surface area contributed by atoms with Crippen LogP contribution in [-0.4, -0.2) is 28.7 Å². The van der Waals surface area contributed by atoms with Gasteiger partial charge in [0.15, 0.2) is 0 Å². The molecule has 0 N–H and O–H groups in total. The highest BCUT2D eigenvalue weighted by Gasteiger charge is 2.42. The molecule has 2 aliphatic heterocycles. The van der Waals surface area contributed by atoms with E-state index in [2.05, 4.69) is 9.89 Å². The molecule has 12 heavy (non-hydrogen) atoms. The Morgan fingerprint density at radius 3 is 2.83 bits per heavy atom. The fraction of sp³-hybridized carbons (Fsp3) is 0.778. The van der Waals surface area contributed by atoms with Gasteiger partial charge in [0.2, 0.25) is 0 Å². The van der Waals surface area contributed by atoms with Crippen molar-refractivity contribution in [2.24, 2.45) is 4.99 Å². The van der Waals surface area contributed by atoms with E-state index < -0.39 is 0 Å². The molecule has 2 aliphatic rings. The average molecular weight is 166 g/mol. The molecule has 0 aromatic carbocycles. The van der Waals surface area contributed by atoms with E-state index >= 15 is 0 Å². The fourth-order valence-corrected chi connectivity index (χ4v) is 1.90. The Morgan fingerprint density at radius 2 is 2.17 bits per heavy atom. The Hall–Kier alpha value is -0.860. The zero-order chi connectivity index (χ0) is 8.77. The van der Waals surface area contributed by atoms with Crippen LogP contribution in [-0.2, 0) is 4.79 Å². The lowest BCUT2D eigenvalue weighted by atomic mass is 10.0. The second-order valence-electron chi connectivity index (χ2n) is 4.00. The Balaban J connectivity index is 2.31. The minimum Gasteiger partial charge on any atom is -0.346 e. The average Bonchev–Trinajstić information content (AvgIpc) is 2.25. The van der Waals surface area contributed by atoms with Gasteiger partial charge in [-0.2, -0.15) is 4.99 Å². The Labute approximate surface area is 72.5 Å². The van der Waals surface area contributed by atoms with E-state index in [1.165, 1.54) is 12.8 Å². The molecule has 0 aromatic rings. The smallest absolute Gasteiger partial charge is 0.272 e. The summed E-state index contributed by atoms with van der Waals surface area (Å²) in [6.07, 6.45) is 3.35. The molecule has 2 rings (SSSR count). The predicted octanol–water partition coefficient (Wildman–Crippen LogP) is 1.19. The summed E-state index contributed by atoms with van der Waals surface area (Å²) in [4.78, 5) is 17.7. The lowest BCUT2D eigenvalue weighted by Crippen LogP contribution is -2.48. The minimum absolute atomic E-state index is 0.0272. The van der Waals surface area contributed by atoms with Gasteiger partial charge in [-0.05, 0) is 26.7 Å². The summed E-state index contributed by atoms with van der Waals surface area (Å²) < 4.78 is 0. The van der Waals surface area contributed by atoms with Crippen LogP contribution in [0.2, 0.25) is 0 Å². The molecule has 0 atom stereocenters. The van der Waals surface area contributed by atoms with Gasteiger partial charge in [-0.15, -0.1) is 0 Å². The van der Waals surface area contributed by atoms with Crippen molar-refractivity contribution in [3.63, 3.8) is 0 Å². The van der Waals surface area contributed by atoms with Crippen LogP contribution in [0, 0.1) is 0 Å². The standard InChI is InChI=1S/C9H14N2O/c1-9(2)8(12)10-7-5-3-4-6-11(7)9/h3-6H2,1-2H3. The molecule has 0 aromatic heterocycles. The molecule has 0 saturated carbocycles. The van der Waals surface area contributed by atoms with Gasteiger partial charge >= 0.3 is 0 Å². The van der Waals surface area contributed by atoms with Crippen molar-refractivity contribution in [2.45, 2.75) is 38.6 Å². The maximum atomic E-state index is 11.4. The van der Waals surface area contributed by atoms with Crippen LogP contribution in [0.1, 0.15) is 33.1 Å². The Bertz CT molecular complexity index is 255. The molecule has 0 spiro atoms. The molecule has 1 saturated heterocycles. The number of hydrogen-bond donors (Lipinski definition) is 0. The molecular formula is C9H14N2O. The molecular weight excluding hydrogens is 152 g/mol. The van der Waals surface area contributed by atoms with Gasteiger partial charge < -0.3 is 4.90 Å². The summed E-state index contributed by atoms with van der Waals surface area (Å²) in [7, 11) is 0. The van der Waals surface area contributed by atoms with Gasteiger partial charge in [-0.1, -0.05) is 0 Å². The predicted molar refractivity (Wildman–Crippen MR) is 47.1 cm³/mol. The van der Waals surface area contributed by atoms with Crippen molar-refractivity contribution in [2.75, 3.05) is 6.54 Å². The summed E-state index contributed by atoms with van der Waals surface area (Å²) in [5, 5.41) is 0. The van der Waals surface area contributed by atoms with Crippen molar-refractivity contribution in [1.29, 1.82) is 0 Å². The molecule has 0 radical (unpaired) electrons. The number of piperidine rings is 1. The summed E-state index contributed by atoms with van der Waals surface area (Å²) >= 11 is 0. The highest BCUT2D eigenvalue weighted by atomic mass is 16.2. The molecule has 0 bridgehead atoms. The lowest BCUT2D eigenvalue weighted by Gasteiger charge is -2.35. The van der Waals surface area contributed by atoms with Crippen molar-refractivity contribution in [3.8, 4) is 0 Å². The molecule has 3 nitrogen and oxygen atoms in total. The summed E-state index contributed by atoms with van der Waals surface area (Å²) in [5.41, 5.74) is -0.365. The van der Waals surface area contributed by atoms with Crippen LogP contribution < -0.4 is 0 Å². The maximum absolute atomic E-state index is 11.4. The van der Waals surface area contributed by atoms with Crippen LogP contribution in [0.4, 0.5) is 0 Å². The lowest BCUT2D eigenvalue weighted by molar-refractivity contribution is -0.124. The van der Waals surface area contributed by atoms with E-state index in [-0.39, 0.29) is 11.4 Å². The van der Waals surface area contributed by atoms with Crippen molar-refractivity contribution < 1.29 is 4.79 Å². The number of rotatable bonds is 0. The first kappa shape index (κ1) is 7.77. The fourth-order valence-electron chi connectivity index (χ4n) is 1.90. The quantitative estimate of drug-likeness (QED) is 0.541. The van der Waals surface area contributed by atoms with Gasteiger partial charge in [0.05, 0.1) is 0 Å². The molecule has 1 amide bonds. The molecule has 66 valence electrons. The number of hydrogen-bond acceptors (Lipinski definition) is 2. The number of nitrogens with zero attached hydrogens (tertiary/aromatic N) is 2. The van der Waals surface area contributed by atoms with E-state index in [1.54, 1.807) is 0 Å². The van der Waals surface area contributed by atoms with E-state index in [9.17, 15) is 4.79 Å². The van der Waals surface area contributed by atoms with E-state index in [0.717, 1.165) is 18.8 Å². The van der Waals surface area contributed by atoms with E-state index in [4.69, 9.17) is 0 Å².